The van der Waals surface area contributed by atoms with Crippen molar-refractivity contribution in [3.8, 4) is 0 Å². The number of hydrogen-bond donors (Lipinski definition) is 4. The molecular formula is C24H31F4N5O4. The van der Waals surface area contributed by atoms with Gasteiger partial charge >= 0.3 is 18.1 Å². The fourth-order valence-electron chi connectivity index (χ4n) is 4.23. The summed E-state index contributed by atoms with van der Waals surface area (Å²) in [4.78, 5) is 20.9. The summed E-state index contributed by atoms with van der Waals surface area (Å²) >= 11 is 0. The topological polar surface area (TPSA) is 141 Å². The molecule has 37 heavy (non-hydrogen) atoms. The Labute approximate surface area is 211 Å². The molecule has 1 aliphatic carbocycles. The van der Waals surface area contributed by atoms with Crippen LogP contribution in [0.5, 0.6) is 0 Å². The first-order valence-corrected chi connectivity index (χ1v) is 11.7. The Kier molecular flexibility index (Phi) is 10.7. The summed E-state index contributed by atoms with van der Waals surface area (Å²) in [5.41, 5.74) is 2.38. The Bertz CT molecular complexity index is 1070. The molecule has 1 heterocycles. The van der Waals surface area contributed by atoms with Gasteiger partial charge in [0.15, 0.2) is 5.82 Å². The van der Waals surface area contributed by atoms with Gasteiger partial charge in [-0.3, -0.25) is 4.79 Å². The molecule has 204 valence electrons. The highest BCUT2D eigenvalue weighted by Gasteiger charge is 2.38. The van der Waals surface area contributed by atoms with Gasteiger partial charge < -0.3 is 15.5 Å². The average Bonchev–Trinajstić information content (AvgIpc) is 3.36. The van der Waals surface area contributed by atoms with Crippen molar-refractivity contribution in [1.82, 2.24) is 25.9 Å². The van der Waals surface area contributed by atoms with E-state index in [1.165, 1.54) is 6.07 Å². The Morgan fingerprint density at radius 2 is 1.92 bits per heavy atom. The molecule has 0 aliphatic heterocycles. The quantitative estimate of drug-likeness (QED) is 0.354. The van der Waals surface area contributed by atoms with Crippen LogP contribution in [0, 0.1) is 17.7 Å². The number of aromatic amines is 1. The molecule has 4 N–H and O–H groups in total. The van der Waals surface area contributed by atoms with E-state index in [0.29, 0.717) is 30.3 Å². The number of nitrogens with zero attached hydrogens (tertiary/aromatic N) is 3. The largest absolute Gasteiger partial charge is 0.490 e. The summed E-state index contributed by atoms with van der Waals surface area (Å²) < 4.78 is 46.7. The molecule has 3 atom stereocenters. The predicted molar refractivity (Wildman–Crippen MR) is 126 cm³/mol. The summed E-state index contributed by atoms with van der Waals surface area (Å²) in [7, 11) is 1.95. The Hall–Kier alpha value is -3.35. The minimum atomic E-state index is -5.08. The maximum atomic E-state index is 15.0. The number of halogens is 4. The molecule has 0 amide bonds. The van der Waals surface area contributed by atoms with E-state index in [-0.39, 0.29) is 11.7 Å². The van der Waals surface area contributed by atoms with E-state index in [0.717, 1.165) is 30.4 Å². The highest BCUT2D eigenvalue weighted by atomic mass is 19.4. The van der Waals surface area contributed by atoms with Crippen LogP contribution in [0.1, 0.15) is 62.4 Å². The van der Waals surface area contributed by atoms with Crippen molar-refractivity contribution in [2.45, 2.75) is 64.1 Å². The van der Waals surface area contributed by atoms with E-state index >= 15 is 0 Å². The molecule has 0 fully saturated rings. The lowest BCUT2D eigenvalue weighted by Gasteiger charge is -2.24. The second-order valence-electron chi connectivity index (χ2n) is 9.26. The highest BCUT2D eigenvalue weighted by molar-refractivity contribution is 5.73. The lowest BCUT2D eigenvalue weighted by molar-refractivity contribution is -0.192. The van der Waals surface area contributed by atoms with E-state index in [4.69, 9.17) is 9.90 Å². The standard InChI is InChI=1S/C22H30FN5O2.C2HF3O2/c1-13(2)10-19(22(29)30)18(21-25-27-28-26-21)11-14-4-9-17(20(23)12-14)15-5-7-16(24-3)8-6-15;3-2(4,5)1(6)7/h4-5,9,12-13,16,18-19,24H,6-8,10-11H2,1-3H3,(H,29,30)(H,25,26,27,28);(H,6,7)/t16?,18-,19-;/m0./s1. The Balaban J connectivity index is 0.000000604. The van der Waals surface area contributed by atoms with Gasteiger partial charge in [0.05, 0.1) is 5.92 Å². The number of H-pyrrole nitrogens is 1. The summed E-state index contributed by atoms with van der Waals surface area (Å²) in [6, 6.07) is 5.65. The molecule has 2 aromatic rings. The molecule has 1 aromatic heterocycles. The molecule has 0 saturated carbocycles. The SMILES string of the molecule is CNC1CC=C(c2ccc(C[C@H](c3nn[nH]n3)[C@H](CC(C)C)C(=O)O)cc2F)CC1.O=C(O)C(F)(F)F. The molecule has 9 nitrogen and oxygen atoms in total. The number of hydrogen-bond acceptors (Lipinski definition) is 6. The van der Waals surface area contributed by atoms with Crippen molar-refractivity contribution in [3.05, 3.63) is 47.0 Å². The predicted octanol–water partition coefficient (Wildman–Crippen LogP) is 4.20. The maximum absolute atomic E-state index is 15.0. The van der Waals surface area contributed by atoms with Gasteiger partial charge in [0, 0.05) is 17.5 Å². The fourth-order valence-corrected chi connectivity index (χ4v) is 4.23. The molecular weight excluding hydrogens is 498 g/mol. The lowest BCUT2D eigenvalue weighted by Crippen LogP contribution is -2.26. The summed E-state index contributed by atoms with van der Waals surface area (Å²) in [6.45, 7) is 3.96. The van der Waals surface area contributed by atoms with Gasteiger partial charge in [-0.25, -0.2) is 9.18 Å². The number of allylic oxidation sites excluding steroid dienone is 1. The zero-order chi connectivity index (χ0) is 27.8. The lowest BCUT2D eigenvalue weighted by atomic mass is 9.81. The average molecular weight is 530 g/mol. The van der Waals surface area contributed by atoms with Gasteiger partial charge in [0.2, 0.25) is 0 Å². The van der Waals surface area contributed by atoms with Crippen molar-refractivity contribution in [2.75, 3.05) is 7.05 Å². The molecule has 1 aliphatic rings. The molecule has 0 bridgehead atoms. The first-order chi connectivity index (χ1) is 17.3. The van der Waals surface area contributed by atoms with Gasteiger partial charge in [0.25, 0.3) is 0 Å². The summed E-state index contributed by atoms with van der Waals surface area (Å²) in [6.07, 6.45) is 0.550. The highest BCUT2D eigenvalue weighted by Crippen LogP contribution is 2.33. The number of carboxylic acid groups (broad SMARTS) is 2. The number of alkyl halides is 3. The number of nitrogens with one attached hydrogen (secondary N) is 2. The van der Waals surface area contributed by atoms with Crippen LogP contribution in [0.4, 0.5) is 17.6 Å². The van der Waals surface area contributed by atoms with Crippen molar-refractivity contribution in [1.29, 1.82) is 0 Å². The van der Waals surface area contributed by atoms with Crippen molar-refractivity contribution in [2.24, 2.45) is 11.8 Å². The van der Waals surface area contributed by atoms with Crippen LogP contribution in [0.25, 0.3) is 5.57 Å². The van der Waals surface area contributed by atoms with Crippen molar-refractivity contribution >= 4 is 17.5 Å². The van der Waals surface area contributed by atoms with Crippen molar-refractivity contribution < 1.29 is 37.4 Å². The number of rotatable bonds is 9. The van der Waals surface area contributed by atoms with Gasteiger partial charge in [0.1, 0.15) is 5.82 Å². The molecule has 1 unspecified atom stereocenters. The normalized spacial score (nSPS) is 17.4. The second-order valence-corrected chi connectivity index (χ2v) is 9.26. The van der Waals surface area contributed by atoms with Crippen LogP contribution in [-0.2, 0) is 16.0 Å². The minimum Gasteiger partial charge on any atom is -0.481 e. The number of carboxylic acids is 2. The first kappa shape index (κ1) is 29.9. The van der Waals surface area contributed by atoms with Gasteiger partial charge in [-0.15, -0.1) is 10.2 Å². The molecule has 3 rings (SSSR count). The van der Waals surface area contributed by atoms with E-state index in [1.807, 2.05) is 33.0 Å². The van der Waals surface area contributed by atoms with Gasteiger partial charge in [-0.2, -0.15) is 18.4 Å². The third-order valence-electron chi connectivity index (χ3n) is 6.12. The Morgan fingerprint density at radius 3 is 2.35 bits per heavy atom. The molecule has 0 radical (unpaired) electrons. The number of benzene rings is 1. The molecule has 0 spiro atoms. The monoisotopic (exact) mass is 529 g/mol. The van der Waals surface area contributed by atoms with Gasteiger partial charge in [-0.1, -0.05) is 37.3 Å². The van der Waals surface area contributed by atoms with Crippen LogP contribution in [0.3, 0.4) is 0 Å². The number of aliphatic carboxylic acids is 2. The molecule has 13 heteroatoms. The van der Waals surface area contributed by atoms with E-state index in [2.05, 4.69) is 32.0 Å². The maximum Gasteiger partial charge on any atom is 0.490 e. The summed E-state index contributed by atoms with van der Waals surface area (Å²) in [5, 5.41) is 34.3. The minimum absolute atomic E-state index is 0.194. The Morgan fingerprint density at radius 1 is 1.24 bits per heavy atom. The number of tetrazole rings is 1. The molecule has 1 aromatic carbocycles. The van der Waals surface area contributed by atoms with Crippen LogP contribution in [-0.4, -0.2) is 62.0 Å². The zero-order valence-electron chi connectivity index (χ0n) is 20.7. The zero-order valence-corrected chi connectivity index (χ0v) is 20.7. The number of carbonyl (C=O) groups is 2. The van der Waals surface area contributed by atoms with Gasteiger partial charge in [-0.05, 0) is 62.3 Å². The van der Waals surface area contributed by atoms with E-state index in [1.54, 1.807) is 0 Å². The fraction of sp³-hybridized carbons (Fsp3) is 0.542. The molecule has 0 saturated heterocycles. The first-order valence-electron chi connectivity index (χ1n) is 11.7. The van der Waals surface area contributed by atoms with E-state index < -0.39 is 30.0 Å². The van der Waals surface area contributed by atoms with Crippen molar-refractivity contribution in [3.63, 3.8) is 0 Å². The third-order valence-corrected chi connectivity index (χ3v) is 6.12. The second kappa shape index (κ2) is 13.3. The van der Waals surface area contributed by atoms with Crippen LogP contribution < -0.4 is 5.32 Å². The van der Waals surface area contributed by atoms with E-state index in [9.17, 15) is 27.5 Å². The smallest absolute Gasteiger partial charge is 0.481 e. The van der Waals surface area contributed by atoms with Crippen LogP contribution >= 0.6 is 0 Å². The van der Waals surface area contributed by atoms with Crippen LogP contribution in [0.15, 0.2) is 24.3 Å². The van der Waals surface area contributed by atoms with Crippen LogP contribution in [0.2, 0.25) is 0 Å². The third kappa shape index (κ3) is 8.92. The number of aromatic nitrogens is 4. The summed E-state index contributed by atoms with van der Waals surface area (Å²) in [5.74, 6) is -4.55.